The number of benzene rings is 1. The third-order valence-electron chi connectivity index (χ3n) is 4.89. The van der Waals surface area contributed by atoms with Crippen LogP contribution < -0.4 is 5.32 Å². The van der Waals surface area contributed by atoms with Crippen molar-refractivity contribution in [2.45, 2.75) is 65.2 Å². The van der Waals surface area contributed by atoms with Crippen molar-refractivity contribution in [1.82, 2.24) is 5.32 Å². The third kappa shape index (κ3) is 11.6. The molecule has 2 atom stereocenters. The van der Waals surface area contributed by atoms with Gasteiger partial charge in [-0.15, -0.1) is 11.8 Å². The monoisotopic (exact) mass is 486 g/mol. The van der Waals surface area contributed by atoms with Crippen molar-refractivity contribution in [3.63, 3.8) is 0 Å². The molecule has 4 nitrogen and oxygen atoms in total. The SMILES string of the molecule is C/C=C\C(C)NC/C=C(/SC(=N)/C(=C/C/C=C(\CC)SC(C)C(=O)O)CC)c1ccccc1. The first-order chi connectivity index (χ1) is 15.8. The molecule has 1 aromatic rings. The molecule has 0 aliphatic carbocycles. The fourth-order valence-electron chi connectivity index (χ4n) is 2.97. The highest BCUT2D eigenvalue weighted by molar-refractivity contribution is 8.22. The Morgan fingerprint density at radius 1 is 1.12 bits per heavy atom. The van der Waals surface area contributed by atoms with E-state index in [1.54, 1.807) is 6.92 Å². The number of nitrogens with one attached hydrogen (secondary N) is 2. The second-order valence-corrected chi connectivity index (χ2v) is 10.0. The van der Waals surface area contributed by atoms with Gasteiger partial charge in [-0.05, 0) is 56.1 Å². The maximum Gasteiger partial charge on any atom is 0.316 e. The van der Waals surface area contributed by atoms with Crippen molar-refractivity contribution in [3.8, 4) is 0 Å². The maximum atomic E-state index is 11.1. The van der Waals surface area contributed by atoms with Gasteiger partial charge in [-0.3, -0.25) is 10.2 Å². The van der Waals surface area contributed by atoms with Gasteiger partial charge in [-0.1, -0.05) is 86.3 Å². The topological polar surface area (TPSA) is 73.2 Å². The average Bonchev–Trinajstić information content (AvgIpc) is 2.80. The normalized spacial score (nSPS) is 15.0. The first-order valence-electron chi connectivity index (χ1n) is 11.5. The van der Waals surface area contributed by atoms with Crippen LogP contribution in [0.4, 0.5) is 0 Å². The van der Waals surface area contributed by atoms with Crippen LogP contribution in [0.1, 0.15) is 59.4 Å². The summed E-state index contributed by atoms with van der Waals surface area (Å²) in [6, 6.07) is 10.5. The predicted molar refractivity (Wildman–Crippen MR) is 148 cm³/mol. The van der Waals surface area contributed by atoms with Crippen LogP contribution >= 0.6 is 23.5 Å². The van der Waals surface area contributed by atoms with Crippen LogP contribution in [0.5, 0.6) is 0 Å². The summed E-state index contributed by atoms with van der Waals surface area (Å²) in [6.45, 7) is 10.7. The maximum absolute atomic E-state index is 11.1. The van der Waals surface area contributed by atoms with E-state index >= 15 is 0 Å². The standard InChI is InChI=1S/C27H38N2O2S2/c1-6-13-20(4)29-19-18-25(23-14-10-9-11-15-23)33-26(28)22(7-2)16-12-17-24(8-3)32-21(5)27(30)31/h6,9-11,13-18,20-21,28-29H,7-8,12,19H2,1-5H3,(H,30,31)/b13-6-,22-16+,24-17+,25-18+,28-26?. The lowest BCUT2D eigenvalue weighted by molar-refractivity contribution is -0.136. The fraction of sp³-hybridized carbons (Fsp3) is 0.407. The highest BCUT2D eigenvalue weighted by Crippen LogP contribution is 2.31. The van der Waals surface area contributed by atoms with Gasteiger partial charge in [-0.25, -0.2) is 0 Å². The van der Waals surface area contributed by atoms with Crippen LogP contribution in [-0.4, -0.2) is 34.0 Å². The molecule has 0 saturated heterocycles. The Balaban J connectivity index is 2.94. The lowest BCUT2D eigenvalue weighted by atomic mass is 10.2. The zero-order valence-electron chi connectivity index (χ0n) is 20.4. The number of carboxylic acid groups (broad SMARTS) is 1. The fourth-order valence-corrected chi connectivity index (χ4v) is 4.89. The van der Waals surface area contributed by atoms with E-state index in [1.807, 2.05) is 38.1 Å². The second-order valence-electron chi connectivity index (χ2n) is 7.53. The summed E-state index contributed by atoms with van der Waals surface area (Å²) in [5, 5.41) is 21.4. The number of carbonyl (C=O) groups is 1. The van der Waals surface area contributed by atoms with Crippen LogP contribution in [-0.2, 0) is 4.79 Å². The number of carboxylic acids is 1. The van der Waals surface area contributed by atoms with E-state index in [0.29, 0.717) is 17.5 Å². The number of aliphatic carboxylic acids is 1. The first kappa shape index (κ1) is 29.0. The van der Waals surface area contributed by atoms with Gasteiger partial charge in [0.1, 0.15) is 5.25 Å². The van der Waals surface area contributed by atoms with E-state index in [1.165, 1.54) is 23.5 Å². The van der Waals surface area contributed by atoms with Gasteiger partial charge in [0.25, 0.3) is 0 Å². The third-order valence-corrected chi connectivity index (χ3v) is 7.29. The summed E-state index contributed by atoms with van der Waals surface area (Å²) in [5.74, 6) is -0.794. The molecule has 0 aliphatic rings. The van der Waals surface area contributed by atoms with Gasteiger partial charge in [0.2, 0.25) is 0 Å². The summed E-state index contributed by atoms with van der Waals surface area (Å²) in [5.41, 5.74) is 2.11. The summed E-state index contributed by atoms with van der Waals surface area (Å²) in [7, 11) is 0. The Morgan fingerprint density at radius 2 is 1.82 bits per heavy atom. The zero-order chi connectivity index (χ0) is 24.6. The Bertz CT molecular complexity index is 873. The lowest BCUT2D eigenvalue weighted by Crippen LogP contribution is -2.23. The van der Waals surface area contributed by atoms with Crippen LogP contribution in [0, 0.1) is 5.41 Å². The minimum atomic E-state index is -0.794. The molecule has 0 saturated carbocycles. The summed E-state index contributed by atoms with van der Waals surface area (Å²) >= 11 is 2.88. The van der Waals surface area contributed by atoms with Crippen molar-refractivity contribution in [1.29, 1.82) is 5.41 Å². The van der Waals surface area contributed by atoms with Gasteiger partial charge < -0.3 is 10.4 Å². The van der Waals surface area contributed by atoms with Crippen molar-refractivity contribution in [2.75, 3.05) is 6.54 Å². The number of allylic oxidation sites excluding steroid dienone is 4. The van der Waals surface area contributed by atoms with E-state index in [4.69, 9.17) is 10.5 Å². The van der Waals surface area contributed by atoms with E-state index in [9.17, 15) is 4.79 Å². The molecule has 1 rings (SSSR count). The molecule has 33 heavy (non-hydrogen) atoms. The van der Waals surface area contributed by atoms with Crippen molar-refractivity contribution < 1.29 is 9.90 Å². The molecule has 0 aromatic heterocycles. The quantitative estimate of drug-likeness (QED) is 0.144. The molecule has 0 fully saturated rings. The van der Waals surface area contributed by atoms with Crippen molar-refractivity contribution in [2.24, 2.45) is 0 Å². The molecule has 3 N–H and O–H groups in total. The van der Waals surface area contributed by atoms with Crippen LogP contribution in [0.15, 0.2) is 71.2 Å². The van der Waals surface area contributed by atoms with Gasteiger partial charge >= 0.3 is 5.97 Å². The number of rotatable bonds is 14. The zero-order valence-corrected chi connectivity index (χ0v) is 22.1. The summed E-state index contributed by atoms with van der Waals surface area (Å²) < 4.78 is 0. The van der Waals surface area contributed by atoms with Crippen LogP contribution in [0.2, 0.25) is 0 Å². The van der Waals surface area contributed by atoms with Crippen LogP contribution in [0.25, 0.3) is 4.91 Å². The van der Waals surface area contributed by atoms with Crippen LogP contribution in [0.3, 0.4) is 0 Å². The molecule has 180 valence electrons. The van der Waals surface area contributed by atoms with Crippen molar-refractivity contribution >= 4 is 39.4 Å². The van der Waals surface area contributed by atoms with Gasteiger partial charge in [0, 0.05) is 17.5 Å². The Kier molecular flexibility index (Phi) is 14.6. The molecule has 6 heteroatoms. The Morgan fingerprint density at radius 3 is 2.39 bits per heavy atom. The molecule has 0 radical (unpaired) electrons. The van der Waals surface area contributed by atoms with E-state index in [0.717, 1.165) is 40.3 Å². The highest BCUT2D eigenvalue weighted by Gasteiger charge is 2.13. The summed E-state index contributed by atoms with van der Waals surface area (Å²) in [6.07, 6.45) is 12.8. The molecule has 0 aliphatic heterocycles. The Hall–Kier alpha value is -2.02. The second kappa shape index (κ2) is 16.6. The average molecular weight is 487 g/mol. The minimum Gasteiger partial charge on any atom is -0.480 e. The van der Waals surface area contributed by atoms with Gasteiger partial charge in [0.05, 0.1) is 5.04 Å². The molecule has 0 heterocycles. The molecule has 1 aromatic carbocycles. The number of hydrogen-bond acceptors (Lipinski definition) is 5. The smallest absolute Gasteiger partial charge is 0.316 e. The van der Waals surface area contributed by atoms with Gasteiger partial charge in [0.15, 0.2) is 0 Å². The summed E-state index contributed by atoms with van der Waals surface area (Å²) in [4.78, 5) is 13.3. The largest absolute Gasteiger partial charge is 0.480 e. The first-order valence-corrected chi connectivity index (χ1v) is 13.2. The van der Waals surface area contributed by atoms with Gasteiger partial charge in [-0.2, -0.15) is 0 Å². The van der Waals surface area contributed by atoms with Crippen molar-refractivity contribution in [3.05, 3.63) is 76.8 Å². The van der Waals surface area contributed by atoms with E-state index < -0.39 is 11.2 Å². The molecular weight excluding hydrogens is 448 g/mol. The highest BCUT2D eigenvalue weighted by atomic mass is 32.2. The molecule has 0 amide bonds. The number of thioether (sulfide) groups is 2. The molecule has 0 spiro atoms. The lowest BCUT2D eigenvalue weighted by Gasteiger charge is -2.13. The number of hydrogen-bond donors (Lipinski definition) is 3. The van der Waals surface area contributed by atoms with E-state index in [-0.39, 0.29) is 0 Å². The minimum absolute atomic E-state index is 0.292. The molecule has 0 bridgehead atoms. The molecular formula is C27H38N2O2S2. The molecule has 2 unspecified atom stereocenters. The Labute approximate surface area is 208 Å². The van der Waals surface area contributed by atoms with E-state index in [2.05, 4.69) is 55.6 Å². The predicted octanol–water partition coefficient (Wildman–Crippen LogP) is 7.52.